The minimum atomic E-state index is 0.542. The van der Waals surface area contributed by atoms with Crippen LogP contribution in [0.25, 0.3) is 22.3 Å². The van der Waals surface area contributed by atoms with E-state index in [2.05, 4.69) is 42.0 Å². The molecule has 3 aromatic rings. The van der Waals surface area contributed by atoms with E-state index in [9.17, 15) is 0 Å². The molecule has 0 amide bonds. The summed E-state index contributed by atoms with van der Waals surface area (Å²) >= 11 is 0. The van der Waals surface area contributed by atoms with Gasteiger partial charge in [-0.3, -0.25) is 9.88 Å². The molecule has 0 fully saturated rings. The van der Waals surface area contributed by atoms with Crippen LogP contribution in [0, 0.1) is 0 Å². The van der Waals surface area contributed by atoms with Crippen molar-refractivity contribution in [3.8, 4) is 11.4 Å². The molecule has 0 aliphatic rings. The van der Waals surface area contributed by atoms with Gasteiger partial charge in [-0.2, -0.15) is 0 Å². The molecule has 5 heteroatoms. The monoisotopic (exact) mass is 335 g/mol. The van der Waals surface area contributed by atoms with E-state index in [0.717, 1.165) is 41.9 Å². The maximum Gasteiger partial charge on any atom is 0.163 e. The van der Waals surface area contributed by atoms with Crippen molar-refractivity contribution in [3.05, 3.63) is 48.8 Å². The SMILES string of the molecule is CCN(CCNc1nc(-c2cccnc2)nc2ccccc12)C(C)C. The van der Waals surface area contributed by atoms with E-state index in [1.807, 2.05) is 30.3 Å². The predicted octanol–water partition coefficient (Wildman–Crippen LogP) is 3.83. The van der Waals surface area contributed by atoms with Gasteiger partial charge in [0.05, 0.1) is 5.52 Å². The van der Waals surface area contributed by atoms with Crippen LogP contribution in [0.5, 0.6) is 0 Å². The van der Waals surface area contributed by atoms with Crippen LogP contribution in [0.1, 0.15) is 20.8 Å². The molecule has 130 valence electrons. The fourth-order valence-corrected chi connectivity index (χ4v) is 2.93. The third-order valence-corrected chi connectivity index (χ3v) is 4.35. The Labute approximate surface area is 149 Å². The van der Waals surface area contributed by atoms with Gasteiger partial charge in [-0.15, -0.1) is 0 Å². The van der Waals surface area contributed by atoms with Gasteiger partial charge in [-0.25, -0.2) is 9.97 Å². The van der Waals surface area contributed by atoms with Crippen LogP contribution in [-0.2, 0) is 0 Å². The van der Waals surface area contributed by atoms with Crippen LogP contribution in [0.15, 0.2) is 48.8 Å². The van der Waals surface area contributed by atoms with Gasteiger partial charge in [0.25, 0.3) is 0 Å². The number of anilines is 1. The molecule has 0 saturated carbocycles. The number of hydrogen-bond donors (Lipinski definition) is 1. The van der Waals surface area contributed by atoms with Crippen molar-refractivity contribution in [1.82, 2.24) is 19.9 Å². The van der Waals surface area contributed by atoms with Crippen LogP contribution in [0.3, 0.4) is 0 Å². The number of aromatic nitrogens is 3. The lowest BCUT2D eigenvalue weighted by Gasteiger charge is -2.25. The average molecular weight is 335 g/mol. The minimum Gasteiger partial charge on any atom is -0.368 e. The lowest BCUT2D eigenvalue weighted by atomic mass is 10.2. The highest BCUT2D eigenvalue weighted by Gasteiger charge is 2.10. The quantitative estimate of drug-likeness (QED) is 0.711. The maximum atomic E-state index is 4.76. The highest BCUT2D eigenvalue weighted by molar-refractivity contribution is 5.90. The summed E-state index contributed by atoms with van der Waals surface area (Å²) < 4.78 is 0. The van der Waals surface area contributed by atoms with E-state index in [1.165, 1.54) is 0 Å². The first-order valence-corrected chi connectivity index (χ1v) is 8.84. The summed E-state index contributed by atoms with van der Waals surface area (Å²) in [7, 11) is 0. The van der Waals surface area contributed by atoms with Crippen molar-refractivity contribution in [2.45, 2.75) is 26.8 Å². The molecular formula is C20H25N5. The molecular weight excluding hydrogens is 310 g/mol. The van der Waals surface area contributed by atoms with Crippen LogP contribution < -0.4 is 5.32 Å². The van der Waals surface area contributed by atoms with E-state index in [-0.39, 0.29) is 0 Å². The molecule has 0 atom stereocenters. The number of rotatable bonds is 7. The first-order valence-electron chi connectivity index (χ1n) is 8.84. The fraction of sp³-hybridized carbons (Fsp3) is 0.350. The first-order chi connectivity index (χ1) is 12.2. The summed E-state index contributed by atoms with van der Waals surface area (Å²) in [4.78, 5) is 16.1. The molecule has 0 spiro atoms. The van der Waals surface area contributed by atoms with Gasteiger partial charge in [-0.05, 0) is 44.7 Å². The molecule has 0 aliphatic carbocycles. The molecule has 1 aromatic carbocycles. The molecule has 0 saturated heterocycles. The van der Waals surface area contributed by atoms with Gasteiger partial charge in [-0.1, -0.05) is 19.1 Å². The smallest absolute Gasteiger partial charge is 0.163 e. The zero-order valence-electron chi connectivity index (χ0n) is 15.1. The van der Waals surface area contributed by atoms with Crippen LogP contribution >= 0.6 is 0 Å². The molecule has 2 heterocycles. The Morgan fingerprint density at radius 2 is 1.92 bits per heavy atom. The normalized spacial score (nSPS) is 11.4. The Balaban J connectivity index is 1.88. The van der Waals surface area contributed by atoms with Crippen molar-refractivity contribution in [3.63, 3.8) is 0 Å². The number of benzene rings is 1. The molecule has 1 N–H and O–H groups in total. The Bertz CT molecular complexity index is 817. The number of nitrogens with zero attached hydrogens (tertiary/aromatic N) is 4. The molecule has 3 rings (SSSR count). The van der Waals surface area contributed by atoms with Crippen LogP contribution in [0.4, 0.5) is 5.82 Å². The molecule has 0 aliphatic heterocycles. The first kappa shape index (κ1) is 17.3. The van der Waals surface area contributed by atoms with Gasteiger partial charge in [0.15, 0.2) is 5.82 Å². The second-order valence-corrected chi connectivity index (χ2v) is 6.30. The van der Waals surface area contributed by atoms with Crippen molar-refractivity contribution in [2.24, 2.45) is 0 Å². The second kappa shape index (κ2) is 8.03. The number of nitrogens with one attached hydrogen (secondary N) is 1. The molecule has 25 heavy (non-hydrogen) atoms. The molecule has 0 radical (unpaired) electrons. The number of hydrogen-bond acceptors (Lipinski definition) is 5. The number of para-hydroxylation sites is 1. The zero-order valence-corrected chi connectivity index (χ0v) is 15.1. The number of likely N-dealkylation sites (N-methyl/N-ethyl adjacent to an activating group) is 1. The van der Waals surface area contributed by atoms with Crippen molar-refractivity contribution in [2.75, 3.05) is 25.0 Å². The Kier molecular flexibility index (Phi) is 5.56. The van der Waals surface area contributed by atoms with Gasteiger partial charge >= 0.3 is 0 Å². The highest BCUT2D eigenvalue weighted by Crippen LogP contribution is 2.24. The third-order valence-electron chi connectivity index (χ3n) is 4.35. The number of pyridine rings is 1. The lowest BCUT2D eigenvalue weighted by Crippen LogP contribution is -2.34. The molecule has 0 bridgehead atoms. The van der Waals surface area contributed by atoms with Crippen molar-refractivity contribution >= 4 is 16.7 Å². The Hall–Kier alpha value is -2.53. The van der Waals surface area contributed by atoms with Crippen LogP contribution in [-0.4, -0.2) is 45.5 Å². The van der Waals surface area contributed by atoms with Gasteiger partial charge in [0, 0.05) is 42.5 Å². The van der Waals surface area contributed by atoms with Crippen molar-refractivity contribution in [1.29, 1.82) is 0 Å². The highest BCUT2D eigenvalue weighted by atomic mass is 15.2. The topological polar surface area (TPSA) is 53.9 Å². The Morgan fingerprint density at radius 1 is 1.08 bits per heavy atom. The minimum absolute atomic E-state index is 0.542. The Morgan fingerprint density at radius 3 is 2.64 bits per heavy atom. The van der Waals surface area contributed by atoms with Gasteiger partial charge in [0.1, 0.15) is 5.82 Å². The fourth-order valence-electron chi connectivity index (χ4n) is 2.93. The third kappa shape index (κ3) is 4.12. The average Bonchev–Trinajstić information content (AvgIpc) is 2.65. The second-order valence-electron chi connectivity index (χ2n) is 6.30. The van der Waals surface area contributed by atoms with E-state index >= 15 is 0 Å². The summed E-state index contributed by atoms with van der Waals surface area (Å²) in [6.07, 6.45) is 3.56. The van der Waals surface area contributed by atoms with E-state index < -0.39 is 0 Å². The van der Waals surface area contributed by atoms with Crippen molar-refractivity contribution < 1.29 is 0 Å². The summed E-state index contributed by atoms with van der Waals surface area (Å²) in [5.74, 6) is 1.58. The van der Waals surface area contributed by atoms with Gasteiger partial charge in [0.2, 0.25) is 0 Å². The largest absolute Gasteiger partial charge is 0.368 e. The molecule has 2 aromatic heterocycles. The molecule has 0 unspecified atom stereocenters. The summed E-state index contributed by atoms with van der Waals surface area (Å²) in [6, 6.07) is 12.5. The standard InChI is InChI=1S/C20H25N5/c1-4-25(15(2)3)13-12-22-20-17-9-5-6-10-18(17)23-19(24-20)16-8-7-11-21-14-16/h5-11,14-15H,4,12-13H2,1-3H3,(H,22,23,24). The molecule has 5 nitrogen and oxygen atoms in total. The maximum absolute atomic E-state index is 4.76. The summed E-state index contributed by atoms with van der Waals surface area (Å²) in [5, 5.41) is 4.55. The van der Waals surface area contributed by atoms with Gasteiger partial charge < -0.3 is 5.32 Å². The zero-order chi connectivity index (χ0) is 17.6. The van der Waals surface area contributed by atoms with E-state index in [0.29, 0.717) is 11.9 Å². The summed E-state index contributed by atoms with van der Waals surface area (Å²) in [6.45, 7) is 9.52. The summed E-state index contributed by atoms with van der Waals surface area (Å²) in [5.41, 5.74) is 1.86. The van der Waals surface area contributed by atoms with Crippen LogP contribution in [0.2, 0.25) is 0 Å². The lowest BCUT2D eigenvalue weighted by molar-refractivity contribution is 0.243. The van der Waals surface area contributed by atoms with E-state index in [4.69, 9.17) is 9.97 Å². The predicted molar refractivity (Wildman–Crippen MR) is 104 cm³/mol. The van der Waals surface area contributed by atoms with E-state index in [1.54, 1.807) is 12.4 Å². The number of fused-ring (bicyclic) bond motifs is 1.